The van der Waals surface area contributed by atoms with Gasteiger partial charge in [-0.3, -0.25) is 4.79 Å². The van der Waals surface area contributed by atoms with E-state index in [-0.39, 0.29) is 5.56 Å². The van der Waals surface area contributed by atoms with Gasteiger partial charge in [0.2, 0.25) is 0 Å². The lowest BCUT2D eigenvalue weighted by Crippen LogP contribution is -2.14. The quantitative estimate of drug-likeness (QED) is 0.747. The number of nitrogens with two attached hydrogens (primary N) is 1. The van der Waals surface area contributed by atoms with E-state index >= 15 is 0 Å². The molecule has 84 valence electrons. The molecule has 1 heterocycles. The molecule has 0 unspecified atom stereocenters. The molecule has 0 aliphatic heterocycles. The zero-order valence-electron chi connectivity index (χ0n) is 9.34. The van der Waals surface area contributed by atoms with Gasteiger partial charge < -0.3 is 10.3 Å². The Hall–Kier alpha value is -2.54. The Bertz CT molecular complexity index is 665. The monoisotopic (exact) mass is 225 g/mol. The number of rotatable bonds is 1. The van der Waals surface area contributed by atoms with Crippen LogP contribution in [0.2, 0.25) is 0 Å². The lowest BCUT2D eigenvalue weighted by molar-refractivity contribution is 0.861. The molecular weight excluding hydrogens is 214 g/mol. The van der Waals surface area contributed by atoms with E-state index in [1.807, 2.05) is 12.1 Å². The molecule has 1 aromatic heterocycles. The van der Waals surface area contributed by atoms with E-state index < -0.39 is 0 Å². The molecule has 4 heteroatoms. The predicted octanol–water partition coefficient (Wildman–Crippen LogP) is 1.51. The lowest BCUT2D eigenvalue weighted by Gasteiger charge is -2.04. The van der Waals surface area contributed by atoms with Gasteiger partial charge in [0.15, 0.2) is 0 Å². The molecule has 0 fully saturated rings. The van der Waals surface area contributed by atoms with Crippen molar-refractivity contribution in [2.75, 3.05) is 5.73 Å². The third-order valence-corrected chi connectivity index (χ3v) is 2.61. The molecule has 2 aromatic rings. The van der Waals surface area contributed by atoms with Crippen molar-refractivity contribution in [2.24, 2.45) is 7.05 Å². The van der Waals surface area contributed by atoms with Crippen LogP contribution in [0.4, 0.5) is 5.69 Å². The minimum absolute atomic E-state index is 0.0853. The second-order valence-corrected chi connectivity index (χ2v) is 3.78. The molecule has 2 N–H and O–H groups in total. The Balaban J connectivity index is 2.58. The van der Waals surface area contributed by atoms with Crippen molar-refractivity contribution < 1.29 is 0 Å². The number of aryl methyl sites for hydroxylation is 1. The zero-order chi connectivity index (χ0) is 12.4. The van der Waals surface area contributed by atoms with E-state index in [0.29, 0.717) is 11.3 Å². The summed E-state index contributed by atoms with van der Waals surface area (Å²) in [7, 11) is 1.69. The van der Waals surface area contributed by atoms with Crippen LogP contribution in [0.25, 0.3) is 11.1 Å². The summed E-state index contributed by atoms with van der Waals surface area (Å²) >= 11 is 0. The van der Waals surface area contributed by atoms with E-state index in [1.165, 1.54) is 10.6 Å². The number of nitrogen functional groups attached to an aromatic ring is 1. The van der Waals surface area contributed by atoms with Gasteiger partial charge >= 0.3 is 0 Å². The maximum Gasteiger partial charge on any atom is 0.250 e. The zero-order valence-corrected chi connectivity index (χ0v) is 9.34. The molecule has 0 saturated carbocycles. The van der Waals surface area contributed by atoms with Crippen LogP contribution in [0.5, 0.6) is 0 Å². The lowest BCUT2D eigenvalue weighted by atomic mass is 10.0. The molecule has 0 radical (unpaired) electrons. The Morgan fingerprint density at radius 3 is 2.59 bits per heavy atom. The summed E-state index contributed by atoms with van der Waals surface area (Å²) in [6.45, 7) is 0. The molecule has 0 aliphatic carbocycles. The molecule has 0 atom stereocenters. The van der Waals surface area contributed by atoms with Crippen LogP contribution in [0.1, 0.15) is 5.56 Å². The molecule has 0 saturated heterocycles. The van der Waals surface area contributed by atoms with Gasteiger partial charge in [-0.2, -0.15) is 5.26 Å². The average molecular weight is 225 g/mol. The number of nitrogens with zero attached hydrogens (tertiary/aromatic N) is 2. The molecule has 0 bridgehead atoms. The normalized spacial score (nSPS) is 9.88. The fraction of sp³-hybridized carbons (Fsp3) is 0.0769. The summed E-state index contributed by atoms with van der Waals surface area (Å²) in [4.78, 5) is 11.5. The van der Waals surface area contributed by atoms with Crippen molar-refractivity contribution in [1.82, 2.24) is 4.57 Å². The molecule has 1 aromatic carbocycles. The third kappa shape index (κ3) is 2.04. The van der Waals surface area contributed by atoms with Gasteiger partial charge in [-0.1, -0.05) is 6.07 Å². The topological polar surface area (TPSA) is 71.8 Å². The minimum atomic E-state index is -0.0853. The van der Waals surface area contributed by atoms with Crippen LogP contribution >= 0.6 is 0 Å². The van der Waals surface area contributed by atoms with Crippen molar-refractivity contribution >= 4 is 5.69 Å². The number of hydrogen-bond acceptors (Lipinski definition) is 3. The summed E-state index contributed by atoms with van der Waals surface area (Å²) in [5, 5.41) is 8.89. The number of anilines is 1. The number of nitriles is 1. The number of hydrogen-bond donors (Lipinski definition) is 1. The second kappa shape index (κ2) is 4.14. The minimum Gasteiger partial charge on any atom is -0.398 e. The van der Waals surface area contributed by atoms with Gasteiger partial charge in [0, 0.05) is 25.0 Å². The van der Waals surface area contributed by atoms with Crippen LogP contribution in [0.15, 0.2) is 41.3 Å². The van der Waals surface area contributed by atoms with Crippen LogP contribution in [-0.4, -0.2) is 4.57 Å². The maximum atomic E-state index is 11.5. The number of pyridine rings is 1. The van der Waals surface area contributed by atoms with Gasteiger partial charge in [-0.25, -0.2) is 0 Å². The van der Waals surface area contributed by atoms with Gasteiger partial charge in [0.1, 0.15) is 6.07 Å². The average Bonchev–Trinajstić information content (AvgIpc) is 2.33. The van der Waals surface area contributed by atoms with Crippen LogP contribution in [0.3, 0.4) is 0 Å². The first-order valence-electron chi connectivity index (χ1n) is 5.08. The van der Waals surface area contributed by atoms with Crippen LogP contribution < -0.4 is 11.3 Å². The molecule has 0 aliphatic rings. The van der Waals surface area contributed by atoms with Crippen molar-refractivity contribution in [3.8, 4) is 17.2 Å². The molecule has 0 spiro atoms. The summed E-state index contributed by atoms with van der Waals surface area (Å²) in [6, 6.07) is 10.5. The van der Waals surface area contributed by atoms with Crippen LogP contribution in [0, 0.1) is 11.3 Å². The van der Waals surface area contributed by atoms with Crippen molar-refractivity contribution in [3.63, 3.8) is 0 Å². The van der Waals surface area contributed by atoms with E-state index in [0.717, 1.165) is 11.1 Å². The first-order chi connectivity index (χ1) is 8.11. The molecule has 17 heavy (non-hydrogen) atoms. The smallest absolute Gasteiger partial charge is 0.250 e. The standard InChI is InChI=1S/C13H11N3O/c1-16-5-4-10(7-13(16)17)9-2-3-12(15)11(6-9)8-14/h2-7H,15H2,1H3. The van der Waals surface area contributed by atoms with Crippen molar-refractivity contribution in [1.29, 1.82) is 5.26 Å². The predicted molar refractivity (Wildman–Crippen MR) is 66.2 cm³/mol. The maximum absolute atomic E-state index is 11.5. The summed E-state index contributed by atoms with van der Waals surface area (Å²) in [5.74, 6) is 0. The first kappa shape index (κ1) is 11.0. The van der Waals surface area contributed by atoms with Gasteiger partial charge in [0.25, 0.3) is 5.56 Å². The number of aromatic nitrogens is 1. The van der Waals surface area contributed by atoms with Crippen molar-refractivity contribution in [2.45, 2.75) is 0 Å². The Kier molecular flexibility index (Phi) is 2.67. The van der Waals surface area contributed by atoms with Gasteiger partial charge in [0.05, 0.1) is 5.56 Å². The largest absolute Gasteiger partial charge is 0.398 e. The third-order valence-electron chi connectivity index (χ3n) is 2.61. The highest BCUT2D eigenvalue weighted by Gasteiger charge is 2.03. The second-order valence-electron chi connectivity index (χ2n) is 3.78. The first-order valence-corrected chi connectivity index (χ1v) is 5.08. The summed E-state index contributed by atoms with van der Waals surface area (Å²) < 4.78 is 1.49. The summed E-state index contributed by atoms with van der Waals surface area (Å²) in [6.07, 6.45) is 1.69. The Morgan fingerprint density at radius 2 is 1.94 bits per heavy atom. The molecule has 2 rings (SSSR count). The molecule has 0 amide bonds. The Morgan fingerprint density at radius 1 is 1.24 bits per heavy atom. The SMILES string of the molecule is Cn1ccc(-c2ccc(N)c(C#N)c2)cc1=O. The van der Waals surface area contributed by atoms with E-state index in [9.17, 15) is 4.79 Å². The molecule has 4 nitrogen and oxygen atoms in total. The number of benzene rings is 1. The Labute approximate surface area is 98.5 Å². The highest BCUT2D eigenvalue weighted by Crippen LogP contribution is 2.22. The van der Waals surface area contributed by atoms with Crippen molar-refractivity contribution in [3.05, 3.63) is 52.4 Å². The highest BCUT2D eigenvalue weighted by atomic mass is 16.1. The highest BCUT2D eigenvalue weighted by molar-refractivity contribution is 5.69. The fourth-order valence-corrected chi connectivity index (χ4v) is 1.56. The van der Waals surface area contributed by atoms with E-state index in [2.05, 4.69) is 0 Å². The van der Waals surface area contributed by atoms with Crippen LogP contribution in [-0.2, 0) is 7.05 Å². The van der Waals surface area contributed by atoms with Gasteiger partial charge in [-0.15, -0.1) is 0 Å². The van der Waals surface area contributed by atoms with E-state index in [1.54, 1.807) is 31.4 Å². The fourth-order valence-electron chi connectivity index (χ4n) is 1.56. The summed E-state index contributed by atoms with van der Waals surface area (Å²) in [5.41, 5.74) is 8.02. The molecular formula is C13H11N3O. The van der Waals surface area contributed by atoms with E-state index in [4.69, 9.17) is 11.0 Å². The van der Waals surface area contributed by atoms with Gasteiger partial charge in [-0.05, 0) is 29.3 Å².